The van der Waals surface area contributed by atoms with Crippen LogP contribution in [-0.2, 0) is 10.0 Å². The Morgan fingerprint density at radius 3 is 2.74 bits per heavy atom. The second-order valence-electron chi connectivity index (χ2n) is 9.78. The van der Waals surface area contributed by atoms with Crippen LogP contribution in [0.1, 0.15) is 6.92 Å². The van der Waals surface area contributed by atoms with E-state index in [1.807, 2.05) is 37.5 Å². The van der Waals surface area contributed by atoms with E-state index >= 15 is 0 Å². The summed E-state index contributed by atoms with van der Waals surface area (Å²) in [7, 11) is -4.07. The van der Waals surface area contributed by atoms with Crippen LogP contribution < -0.4 is 14.4 Å². The summed E-state index contributed by atoms with van der Waals surface area (Å²) in [5.41, 5.74) is 3.43. The smallest absolute Gasteiger partial charge is 0.245 e. The van der Waals surface area contributed by atoms with E-state index in [9.17, 15) is 12.8 Å². The molecule has 5 heterocycles. The summed E-state index contributed by atoms with van der Waals surface area (Å²) in [6, 6.07) is 9.54. The Hall–Kier alpha value is -3.74. The van der Waals surface area contributed by atoms with Gasteiger partial charge in [0.2, 0.25) is 10.0 Å². The number of benzene rings is 1. The van der Waals surface area contributed by atoms with Crippen LogP contribution in [0.4, 0.5) is 10.2 Å². The molecule has 0 spiro atoms. The molecule has 1 aliphatic heterocycles. The number of nitrogens with zero attached hydrogens (tertiary/aromatic N) is 5. The average molecular weight is 568 g/mol. The normalized spacial score (nSPS) is 20.6. The molecule has 13 heteroatoms. The van der Waals surface area contributed by atoms with Crippen LogP contribution in [0.5, 0.6) is 5.75 Å². The van der Waals surface area contributed by atoms with Crippen molar-refractivity contribution in [2.45, 2.75) is 17.9 Å². The molecule has 1 aliphatic carbocycles. The lowest BCUT2D eigenvalue weighted by Gasteiger charge is -2.21. The van der Waals surface area contributed by atoms with Gasteiger partial charge in [0.05, 0.1) is 34.9 Å². The van der Waals surface area contributed by atoms with Crippen molar-refractivity contribution in [3.8, 4) is 16.9 Å². The first-order valence-electron chi connectivity index (χ1n) is 12.5. The maximum Gasteiger partial charge on any atom is 0.245 e. The molecule has 39 heavy (non-hydrogen) atoms. The Morgan fingerprint density at radius 2 is 2.03 bits per heavy atom. The highest BCUT2D eigenvalue weighted by Crippen LogP contribution is 2.47. The summed E-state index contributed by atoms with van der Waals surface area (Å²) in [6.45, 7) is 3.77. The number of fused-ring (bicyclic) bond motifs is 4. The number of halogens is 2. The molecule has 0 bridgehead atoms. The van der Waals surface area contributed by atoms with E-state index in [1.165, 1.54) is 12.1 Å². The van der Waals surface area contributed by atoms with Gasteiger partial charge in [-0.25, -0.2) is 27.0 Å². The van der Waals surface area contributed by atoms with Gasteiger partial charge >= 0.3 is 0 Å². The number of pyridine rings is 2. The van der Waals surface area contributed by atoms with Crippen LogP contribution in [0.25, 0.3) is 27.7 Å². The van der Waals surface area contributed by atoms with Gasteiger partial charge in [0.15, 0.2) is 5.65 Å². The molecule has 1 saturated carbocycles. The number of rotatable bonds is 7. The molecule has 2 N–H and O–H groups in total. The molecule has 3 atom stereocenters. The van der Waals surface area contributed by atoms with Gasteiger partial charge in [0, 0.05) is 36.5 Å². The summed E-state index contributed by atoms with van der Waals surface area (Å²) in [5.74, 6) is 0.891. The van der Waals surface area contributed by atoms with Crippen LogP contribution in [0.15, 0.2) is 59.9 Å². The van der Waals surface area contributed by atoms with Gasteiger partial charge in [0.1, 0.15) is 22.3 Å². The van der Waals surface area contributed by atoms with Crippen molar-refractivity contribution < 1.29 is 17.5 Å². The molecule has 5 aromatic rings. The van der Waals surface area contributed by atoms with E-state index in [-0.39, 0.29) is 22.9 Å². The lowest BCUT2D eigenvalue weighted by molar-refractivity contribution is 0.338. The zero-order valence-corrected chi connectivity index (χ0v) is 22.2. The molecule has 2 fully saturated rings. The molecular weight excluding hydrogens is 545 g/mol. The molecule has 0 radical (unpaired) electrons. The third kappa shape index (κ3) is 4.01. The molecule has 4 aromatic heterocycles. The number of aromatic nitrogens is 5. The van der Waals surface area contributed by atoms with Crippen LogP contribution in [0.3, 0.4) is 0 Å². The lowest BCUT2D eigenvalue weighted by Crippen LogP contribution is -2.35. The van der Waals surface area contributed by atoms with E-state index in [0.29, 0.717) is 31.1 Å². The molecule has 7 rings (SSSR count). The number of ether oxygens (including phenoxy) is 1. The first-order chi connectivity index (χ1) is 18.8. The number of aromatic amines is 1. The lowest BCUT2D eigenvalue weighted by atomic mass is 10.1. The molecule has 2 aliphatic rings. The third-order valence-electron chi connectivity index (χ3n) is 7.47. The Bertz CT molecular complexity index is 1810. The summed E-state index contributed by atoms with van der Waals surface area (Å²) in [4.78, 5) is 6.36. The average Bonchev–Trinajstić information content (AvgIpc) is 3.32. The van der Waals surface area contributed by atoms with Gasteiger partial charge in [-0.3, -0.25) is 5.10 Å². The maximum absolute atomic E-state index is 14.2. The van der Waals surface area contributed by atoms with Crippen LogP contribution in [0.2, 0.25) is 5.02 Å². The van der Waals surface area contributed by atoms with Gasteiger partial charge in [-0.05, 0) is 49.1 Å². The topological polar surface area (TPSA) is 118 Å². The third-order valence-corrected chi connectivity index (χ3v) is 9.43. The maximum atomic E-state index is 14.2. The summed E-state index contributed by atoms with van der Waals surface area (Å²) in [5, 5.41) is 12.4. The standard InChI is InChI=1S/C26H23ClFN7O3S/c1-2-38-15-8-16(24-17-10-30-31-26(17)32-35(24)11-15)14-6-7-22(29-9-14)34-12-18-19(13-34)23(18)33-39(36,37)25-20(27)4-3-5-21(25)28/h3-11,18-19,23,33H,2,12-13H2,1H3,(H,31,32)/t18-,19?,23+/m0/s1. The first-order valence-corrected chi connectivity index (χ1v) is 14.4. The van der Waals surface area contributed by atoms with Crippen molar-refractivity contribution in [1.82, 2.24) is 29.5 Å². The summed E-state index contributed by atoms with van der Waals surface area (Å²) in [6.07, 6.45) is 5.42. The number of H-pyrrole nitrogens is 1. The molecule has 200 valence electrons. The minimum Gasteiger partial charge on any atom is -0.492 e. The van der Waals surface area contributed by atoms with Gasteiger partial charge in [-0.2, -0.15) is 5.10 Å². The monoisotopic (exact) mass is 567 g/mol. The van der Waals surface area contributed by atoms with E-state index in [1.54, 1.807) is 10.7 Å². The van der Waals surface area contributed by atoms with Crippen molar-refractivity contribution in [3.63, 3.8) is 0 Å². The molecular formula is C26H23ClFN7O3S. The number of nitrogens with one attached hydrogen (secondary N) is 2. The van der Waals surface area contributed by atoms with E-state index in [0.717, 1.165) is 33.9 Å². The van der Waals surface area contributed by atoms with E-state index in [2.05, 4.69) is 24.9 Å². The Balaban J connectivity index is 1.10. The summed E-state index contributed by atoms with van der Waals surface area (Å²) >= 11 is 5.98. The Kier molecular flexibility index (Phi) is 5.55. The van der Waals surface area contributed by atoms with Crippen molar-refractivity contribution in [1.29, 1.82) is 0 Å². The van der Waals surface area contributed by atoms with Crippen molar-refractivity contribution in [2.75, 3.05) is 24.6 Å². The van der Waals surface area contributed by atoms with Crippen LogP contribution in [0, 0.1) is 17.7 Å². The number of anilines is 1. The molecule has 0 amide bonds. The van der Waals surface area contributed by atoms with Gasteiger partial charge in [-0.15, -0.1) is 5.10 Å². The number of hydrogen-bond donors (Lipinski definition) is 2. The number of hydrogen-bond acceptors (Lipinski definition) is 7. The molecule has 1 saturated heterocycles. The second-order valence-corrected chi connectivity index (χ2v) is 11.8. The number of sulfonamides is 1. The van der Waals surface area contributed by atoms with Crippen molar-refractivity contribution in [3.05, 3.63) is 65.8 Å². The Morgan fingerprint density at radius 1 is 1.21 bits per heavy atom. The van der Waals surface area contributed by atoms with Crippen LogP contribution >= 0.6 is 11.6 Å². The highest BCUT2D eigenvalue weighted by Gasteiger charge is 2.57. The minimum absolute atomic E-state index is 0.121. The van der Waals surface area contributed by atoms with Crippen molar-refractivity contribution in [2.24, 2.45) is 11.8 Å². The van der Waals surface area contributed by atoms with Crippen LogP contribution in [-0.4, -0.2) is 59.0 Å². The zero-order valence-electron chi connectivity index (χ0n) is 20.7. The minimum atomic E-state index is -4.07. The SMILES string of the molecule is CCOc1cc(-c2ccc(N3CC4[C@H](C3)[C@H]4NS(=O)(=O)c3c(F)cccc3Cl)nc2)c2c3cn[nH]c3nn2c1. The molecule has 1 unspecified atom stereocenters. The fourth-order valence-electron chi connectivity index (χ4n) is 5.60. The number of piperidine rings is 1. The van der Waals surface area contributed by atoms with E-state index < -0.39 is 20.7 Å². The Labute approximate surface area is 227 Å². The quantitative estimate of drug-likeness (QED) is 0.306. The fraction of sp³-hybridized carbons (Fsp3) is 0.269. The summed E-state index contributed by atoms with van der Waals surface area (Å²) < 4.78 is 50.0. The molecule has 10 nitrogen and oxygen atoms in total. The van der Waals surface area contributed by atoms with Gasteiger partial charge < -0.3 is 9.64 Å². The zero-order chi connectivity index (χ0) is 26.9. The van der Waals surface area contributed by atoms with Crippen molar-refractivity contribution >= 4 is 44.0 Å². The second kappa shape index (κ2) is 8.90. The highest BCUT2D eigenvalue weighted by molar-refractivity contribution is 7.89. The fourth-order valence-corrected chi connectivity index (χ4v) is 7.55. The largest absolute Gasteiger partial charge is 0.492 e. The highest BCUT2D eigenvalue weighted by atomic mass is 35.5. The molecule has 1 aromatic carbocycles. The van der Waals surface area contributed by atoms with Gasteiger partial charge in [-0.1, -0.05) is 17.7 Å². The van der Waals surface area contributed by atoms with E-state index in [4.69, 9.17) is 21.3 Å². The predicted molar refractivity (Wildman–Crippen MR) is 144 cm³/mol. The first kappa shape index (κ1) is 24.3. The predicted octanol–water partition coefficient (Wildman–Crippen LogP) is 3.88. The van der Waals surface area contributed by atoms with Gasteiger partial charge in [0.25, 0.3) is 0 Å².